The predicted octanol–water partition coefficient (Wildman–Crippen LogP) is 4.22. The Balaban J connectivity index is 1.43. The van der Waals surface area contributed by atoms with Crippen molar-refractivity contribution in [1.29, 1.82) is 0 Å². The molecule has 0 unspecified atom stereocenters. The van der Waals surface area contributed by atoms with Gasteiger partial charge >= 0.3 is 0 Å². The van der Waals surface area contributed by atoms with E-state index < -0.39 is 10.0 Å². The molecule has 2 heterocycles. The quantitative estimate of drug-likeness (QED) is 0.450. The van der Waals surface area contributed by atoms with Gasteiger partial charge in [0.25, 0.3) is 10.0 Å². The molecule has 2 N–H and O–H groups in total. The first-order chi connectivity index (χ1) is 14.6. The highest BCUT2D eigenvalue weighted by Gasteiger charge is 2.15. The maximum absolute atomic E-state index is 12.9. The lowest BCUT2D eigenvalue weighted by Gasteiger charge is -2.11. The lowest BCUT2D eigenvalue weighted by molar-refractivity contribution is 0.601. The lowest BCUT2D eigenvalue weighted by atomic mass is 10.2. The van der Waals surface area contributed by atoms with Gasteiger partial charge in [-0.3, -0.25) is 9.29 Å². The number of sulfonamides is 1. The van der Waals surface area contributed by atoms with Gasteiger partial charge in [0.1, 0.15) is 12.2 Å². The van der Waals surface area contributed by atoms with E-state index in [1.165, 1.54) is 0 Å². The van der Waals surface area contributed by atoms with E-state index in [0.717, 1.165) is 22.3 Å². The number of nitrogens with one attached hydrogen (secondary N) is 2. The van der Waals surface area contributed by atoms with Gasteiger partial charge in [-0.1, -0.05) is 18.2 Å². The first-order valence-corrected chi connectivity index (χ1v) is 10.7. The highest BCUT2D eigenvalue weighted by Crippen LogP contribution is 2.23. The molecular weight excluding hydrogens is 398 g/mol. The summed E-state index contributed by atoms with van der Waals surface area (Å²) in [6, 6.07) is 21.6. The number of H-pyrrole nitrogens is 1. The Morgan fingerprint density at radius 2 is 1.73 bits per heavy atom. The number of benzene rings is 3. The first kappa shape index (κ1) is 18.1. The van der Waals surface area contributed by atoms with E-state index in [2.05, 4.69) is 19.7 Å². The molecule has 0 spiro atoms. The topological polar surface area (TPSA) is 92.7 Å². The molecule has 8 heteroatoms. The molecule has 0 aliphatic rings. The highest BCUT2D eigenvalue weighted by atomic mass is 32.2. The van der Waals surface area contributed by atoms with Crippen molar-refractivity contribution in [3.8, 4) is 17.1 Å². The fourth-order valence-corrected chi connectivity index (χ4v) is 4.36. The van der Waals surface area contributed by atoms with Gasteiger partial charge in [0.05, 0.1) is 21.6 Å². The van der Waals surface area contributed by atoms with Gasteiger partial charge < -0.3 is 4.98 Å². The van der Waals surface area contributed by atoms with Crippen LogP contribution in [0.2, 0.25) is 0 Å². The lowest BCUT2D eigenvalue weighted by Crippen LogP contribution is -2.13. The van der Waals surface area contributed by atoms with Crippen molar-refractivity contribution < 1.29 is 8.42 Å². The summed E-state index contributed by atoms with van der Waals surface area (Å²) < 4.78 is 30.3. The van der Waals surface area contributed by atoms with E-state index >= 15 is 0 Å². The van der Waals surface area contributed by atoms with Crippen LogP contribution >= 0.6 is 0 Å². The second kappa shape index (κ2) is 7.16. The predicted molar refractivity (Wildman–Crippen MR) is 116 cm³/mol. The molecule has 0 radical (unpaired) electrons. The number of anilines is 1. The molecule has 0 bridgehead atoms. The minimum absolute atomic E-state index is 0.177. The summed E-state index contributed by atoms with van der Waals surface area (Å²) in [6.45, 7) is 0. The second-order valence-electron chi connectivity index (χ2n) is 6.72. The Labute approximate surface area is 173 Å². The third-order valence-electron chi connectivity index (χ3n) is 4.77. The normalized spacial score (nSPS) is 11.6. The van der Waals surface area contributed by atoms with Crippen LogP contribution in [0.15, 0.2) is 96.4 Å². The molecule has 0 amide bonds. The molecule has 0 aliphatic carbocycles. The fourth-order valence-electron chi connectivity index (χ4n) is 3.31. The number of nitrogens with zero attached hydrogens (tertiary/aromatic N) is 3. The van der Waals surface area contributed by atoms with Crippen LogP contribution in [-0.4, -0.2) is 27.9 Å². The van der Waals surface area contributed by atoms with E-state index in [1.54, 1.807) is 55.1 Å². The summed E-state index contributed by atoms with van der Waals surface area (Å²) in [5.74, 6) is 0.687. The maximum atomic E-state index is 12.9. The van der Waals surface area contributed by atoms with Gasteiger partial charge in [0.2, 0.25) is 0 Å². The van der Waals surface area contributed by atoms with Crippen LogP contribution in [0.1, 0.15) is 0 Å². The van der Waals surface area contributed by atoms with Gasteiger partial charge in [0.15, 0.2) is 0 Å². The monoisotopic (exact) mass is 415 g/mol. The number of para-hydroxylation sites is 2. The van der Waals surface area contributed by atoms with Crippen molar-refractivity contribution in [2.45, 2.75) is 4.90 Å². The Morgan fingerprint density at radius 3 is 2.53 bits per heavy atom. The summed E-state index contributed by atoms with van der Waals surface area (Å²) in [5, 5.41) is 0. The van der Waals surface area contributed by atoms with E-state index in [9.17, 15) is 8.42 Å². The summed E-state index contributed by atoms with van der Waals surface area (Å²) in [4.78, 5) is 11.7. The van der Waals surface area contributed by atoms with Crippen LogP contribution in [0.25, 0.3) is 28.1 Å². The molecule has 5 rings (SSSR count). The number of rotatable bonds is 5. The zero-order valence-electron chi connectivity index (χ0n) is 15.7. The van der Waals surface area contributed by atoms with Crippen LogP contribution in [0.3, 0.4) is 0 Å². The van der Waals surface area contributed by atoms with Gasteiger partial charge in [-0.05, 0) is 54.6 Å². The molecule has 0 saturated carbocycles. The van der Waals surface area contributed by atoms with Crippen molar-refractivity contribution in [1.82, 2.24) is 19.5 Å². The number of fused-ring (bicyclic) bond motifs is 1. The molecule has 5 aromatic rings. The largest absolute Gasteiger partial charge is 0.345 e. The number of aromatic amines is 1. The minimum Gasteiger partial charge on any atom is -0.345 e. The SMILES string of the molecule is O=S(=O)(Nc1cccc(-n2cnc3ccccc32)c1)c1ccc(-c2ncc[nH]2)cc1. The van der Waals surface area contributed by atoms with E-state index in [0.29, 0.717) is 11.5 Å². The van der Waals surface area contributed by atoms with Crippen LogP contribution in [0, 0.1) is 0 Å². The van der Waals surface area contributed by atoms with Gasteiger partial charge in [0, 0.05) is 23.6 Å². The van der Waals surface area contributed by atoms with E-state index in [-0.39, 0.29) is 4.90 Å². The fraction of sp³-hybridized carbons (Fsp3) is 0. The van der Waals surface area contributed by atoms with Crippen LogP contribution in [0.4, 0.5) is 5.69 Å². The number of hydrogen-bond donors (Lipinski definition) is 2. The molecule has 30 heavy (non-hydrogen) atoms. The molecule has 148 valence electrons. The van der Waals surface area contributed by atoms with Crippen molar-refractivity contribution in [3.05, 3.63) is 91.5 Å². The standard InChI is InChI=1S/C22H17N5O2S/c28-30(29,19-10-8-16(9-11-19)22-23-12-13-24-22)26-17-4-3-5-18(14-17)27-15-25-20-6-1-2-7-21(20)27/h1-15,26H,(H,23,24). The Morgan fingerprint density at radius 1 is 0.900 bits per heavy atom. The van der Waals surface area contributed by atoms with Gasteiger partial charge in [-0.25, -0.2) is 18.4 Å². The first-order valence-electron chi connectivity index (χ1n) is 9.25. The third kappa shape index (κ3) is 3.33. The van der Waals surface area contributed by atoms with Crippen molar-refractivity contribution >= 4 is 26.7 Å². The average molecular weight is 415 g/mol. The highest BCUT2D eigenvalue weighted by molar-refractivity contribution is 7.92. The van der Waals surface area contributed by atoms with Gasteiger partial charge in [-0.15, -0.1) is 0 Å². The number of imidazole rings is 2. The molecule has 2 aromatic heterocycles. The van der Waals surface area contributed by atoms with Crippen LogP contribution < -0.4 is 4.72 Å². The van der Waals surface area contributed by atoms with Crippen LogP contribution in [-0.2, 0) is 10.0 Å². The Hall–Kier alpha value is -3.91. The maximum Gasteiger partial charge on any atom is 0.261 e. The molecule has 0 saturated heterocycles. The third-order valence-corrected chi connectivity index (χ3v) is 6.16. The van der Waals surface area contributed by atoms with Gasteiger partial charge in [-0.2, -0.15) is 0 Å². The smallest absolute Gasteiger partial charge is 0.261 e. The molecule has 0 aliphatic heterocycles. The zero-order chi connectivity index (χ0) is 20.6. The number of aromatic nitrogens is 4. The zero-order valence-corrected chi connectivity index (χ0v) is 16.5. The Kier molecular flexibility index (Phi) is 4.33. The molecular formula is C22H17N5O2S. The molecule has 0 fully saturated rings. The van der Waals surface area contributed by atoms with Crippen LogP contribution in [0.5, 0.6) is 0 Å². The second-order valence-corrected chi connectivity index (χ2v) is 8.40. The number of hydrogen-bond acceptors (Lipinski definition) is 4. The summed E-state index contributed by atoms with van der Waals surface area (Å²) in [7, 11) is -3.73. The van der Waals surface area contributed by atoms with Crippen molar-refractivity contribution in [3.63, 3.8) is 0 Å². The summed E-state index contributed by atoms with van der Waals surface area (Å²) in [6.07, 6.45) is 5.10. The molecule has 3 aromatic carbocycles. The van der Waals surface area contributed by atoms with Crippen molar-refractivity contribution in [2.24, 2.45) is 0 Å². The Bertz CT molecular complexity index is 1420. The van der Waals surface area contributed by atoms with Crippen molar-refractivity contribution in [2.75, 3.05) is 4.72 Å². The van der Waals surface area contributed by atoms with E-state index in [1.807, 2.05) is 41.0 Å². The summed E-state index contributed by atoms with van der Waals surface area (Å²) >= 11 is 0. The summed E-state index contributed by atoms with van der Waals surface area (Å²) in [5.41, 5.74) is 3.93. The molecule has 7 nitrogen and oxygen atoms in total. The molecule has 0 atom stereocenters. The van der Waals surface area contributed by atoms with E-state index in [4.69, 9.17) is 0 Å². The minimum atomic E-state index is -3.73. The average Bonchev–Trinajstić information content (AvgIpc) is 3.44.